The zero-order chi connectivity index (χ0) is 11.7. The third-order valence-corrected chi connectivity index (χ3v) is 2.18. The second-order valence-electron chi connectivity index (χ2n) is 3.73. The Labute approximate surface area is 92.9 Å². The fourth-order valence-electron chi connectivity index (χ4n) is 1.30. The molecule has 2 rings (SSSR count). The third-order valence-electron chi connectivity index (χ3n) is 2.18. The summed E-state index contributed by atoms with van der Waals surface area (Å²) >= 11 is 0. The first-order valence-electron chi connectivity index (χ1n) is 4.98. The predicted molar refractivity (Wildman–Crippen MR) is 57.4 cm³/mol. The fourth-order valence-corrected chi connectivity index (χ4v) is 1.30. The number of nitrogens with two attached hydrogens (primary N) is 1. The predicted octanol–water partition coefficient (Wildman–Crippen LogP) is 1.16. The van der Waals surface area contributed by atoms with Crippen molar-refractivity contribution in [2.24, 2.45) is 5.73 Å². The van der Waals surface area contributed by atoms with Gasteiger partial charge in [0, 0.05) is 0 Å². The van der Waals surface area contributed by atoms with Gasteiger partial charge in [-0.25, -0.2) is 0 Å². The first-order valence-corrected chi connectivity index (χ1v) is 4.98. The molecular formula is C10H13N5O. The Bertz CT molecular complexity index is 506. The summed E-state index contributed by atoms with van der Waals surface area (Å²) in [7, 11) is 0. The molecule has 2 aromatic rings. The van der Waals surface area contributed by atoms with E-state index < -0.39 is 0 Å². The zero-order valence-electron chi connectivity index (χ0n) is 9.43. The molecule has 0 aliphatic rings. The molecule has 2 aromatic heterocycles. The molecule has 0 aliphatic carbocycles. The van der Waals surface area contributed by atoms with Crippen LogP contribution >= 0.6 is 0 Å². The summed E-state index contributed by atoms with van der Waals surface area (Å²) in [5.41, 5.74) is 8.02. The van der Waals surface area contributed by atoms with Crippen molar-refractivity contribution in [3.05, 3.63) is 23.3 Å². The van der Waals surface area contributed by atoms with E-state index in [2.05, 4.69) is 20.3 Å². The van der Waals surface area contributed by atoms with Crippen LogP contribution < -0.4 is 5.73 Å². The van der Waals surface area contributed by atoms with Crippen molar-refractivity contribution in [3.8, 4) is 11.5 Å². The molecule has 0 radical (unpaired) electrons. The lowest BCUT2D eigenvalue weighted by atomic mass is 10.2. The Kier molecular flexibility index (Phi) is 2.66. The molecule has 0 amide bonds. The highest BCUT2D eigenvalue weighted by molar-refractivity contribution is 5.55. The van der Waals surface area contributed by atoms with E-state index in [4.69, 9.17) is 10.3 Å². The van der Waals surface area contributed by atoms with E-state index in [-0.39, 0.29) is 6.04 Å². The second kappa shape index (κ2) is 3.97. The summed E-state index contributed by atoms with van der Waals surface area (Å²) in [6, 6.07) is 1.62. The number of hydrogen-bond acceptors (Lipinski definition) is 6. The largest absolute Gasteiger partial charge is 0.334 e. The standard InChI is InChI=1S/C10H13N5O/c1-5-4-8(7(3)14-13-5)10-12-9(6(2)11)15-16-10/h4,6H,11H2,1-3H3. The minimum absolute atomic E-state index is 0.242. The molecule has 16 heavy (non-hydrogen) atoms. The molecule has 1 atom stereocenters. The average molecular weight is 219 g/mol. The molecule has 0 aromatic carbocycles. The van der Waals surface area contributed by atoms with Crippen LogP contribution in [-0.2, 0) is 0 Å². The highest BCUT2D eigenvalue weighted by Crippen LogP contribution is 2.21. The van der Waals surface area contributed by atoms with Crippen LogP contribution in [0.4, 0.5) is 0 Å². The van der Waals surface area contributed by atoms with Gasteiger partial charge in [-0.3, -0.25) is 0 Å². The molecule has 0 bridgehead atoms. The topological polar surface area (TPSA) is 90.7 Å². The maximum Gasteiger partial charge on any atom is 0.259 e. The molecule has 2 N–H and O–H groups in total. The Morgan fingerprint density at radius 1 is 1.31 bits per heavy atom. The van der Waals surface area contributed by atoms with Gasteiger partial charge in [0.25, 0.3) is 5.89 Å². The lowest BCUT2D eigenvalue weighted by Crippen LogP contribution is -2.06. The lowest BCUT2D eigenvalue weighted by molar-refractivity contribution is 0.417. The van der Waals surface area contributed by atoms with Gasteiger partial charge in [0.05, 0.1) is 23.0 Å². The maximum absolute atomic E-state index is 5.66. The van der Waals surface area contributed by atoms with E-state index in [1.54, 1.807) is 6.92 Å². The van der Waals surface area contributed by atoms with Crippen LogP contribution in [0.25, 0.3) is 11.5 Å². The van der Waals surface area contributed by atoms with Crippen LogP contribution in [0.15, 0.2) is 10.6 Å². The number of aromatic nitrogens is 4. The summed E-state index contributed by atoms with van der Waals surface area (Å²) in [6.07, 6.45) is 0. The van der Waals surface area contributed by atoms with Crippen LogP contribution in [0.3, 0.4) is 0 Å². The summed E-state index contributed by atoms with van der Waals surface area (Å²) in [4.78, 5) is 4.21. The first kappa shape index (κ1) is 10.7. The van der Waals surface area contributed by atoms with Gasteiger partial charge in [-0.1, -0.05) is 5.16 Å². The second-order valence-corrected chi connectivity index (χ2v) is 3.73. The average Bonchev–Trinajstić information content (AvgIpc) is 2.70. The van der Waals surface area contributed by atoms with Gasteiger partial charge in [0.2, 0.25) is 0 Å². The van der Waals surface area contributed by atoms with Gasteiger partial charge in [-0.05, 0) is 26.8 Å². The van der Waals surface area contributed by atoms with Crippen molar-refractivity contribution in [1.82, 2.24) is 20.3 Å². The Hall–Kier alpha value is -1.82. The lowest BCUT2D eigenvalue weighted by Gasteiger charge is -1.99. The van der Waals surface area contributed by atoms with Crippen LogP contribution in [0.5, 0.6) is 0 Å². The van der Waals surface area contributed by atoms with E-state index in [1.807, 2.05) is 19.9 Å². The van der Waals surface area contributed by atoms with Gasteiger partial charge in [0.15, 0.2) is 5.82 Å². The van der Waals surface area contributed by atoms with Crippen LogP contribution in [-0.4, -0.2) is 20.3 Å². The minimum atomic E-state index is -0.242. The minimum Gasteiger partial charge on any atom is -0.334 e. The Morgan fingerprint density at radius 2 is 2.06 bits per heavy atom. The van der Waals surface area contributed by atoms with Gasteiger partial charge < -0.3 is 10.3 Å². The Balaban J connectivity index is 2.46. The van der Waals surface area contributed by atoms with Crippen molar-refractivity contribution >= 4 is 0 Å². The molecule has 2 heterocycles. The number of hydrogen-bond donors (Lipinski definition) is 1. The van der Waals surface area contributed by atoms with E-state index in [0.29, 0.717) is 11.7 Å². The van der Waals surface area contributed by atoms with E-state index in [1.165, 1.54) is 0 Å². The van der Waals surface area contributed by atoms with E-state index in [9.17, 15) is 0 Å². The smallest absolute Gasteiger partial charge is 0.259 e. The van der Waals surface area contributed by atoms with Crippen molar-refractivity contribution in [2.45, 2.75) is 26.8 Å². The summed E-state index contributed by atoms with van der Waals surface area (Å²) < 4.78 is 5.14. The van der Waals surface area contributed by atoms with E-state index >= 15 is 0 Å². The van der Waals surface area contributed by atoms with Crippen LogP contribution in [0.2, 0.25) is 0 Å². The van der Waals surface area contributed by atoms with Crippen molar-refractivity contribution in [2.75, 3.05) is 0 Å². The quantitative estimate of drug-likeness (QED) is 0.815. The third kappa shape index (κ3) is 1.92. The highest BCUT2D eigenvalue weighted by Gasteiger charge is 2.14. The first-order chi connectivity index (χ1) is 7.58. The molecule has 1 unspecified atom stereocenters. The molecular weight excluding hydrogens is 206 g/mol. The zero-order valence-corrected chi connectivity index (χ0v) is 9.43. The summed E-state index contributed by atoms with van der Waals surface area (Å²) in [5.74, 6) is 0.923. The molecule has 6 nitrogen and oxygen atoms in total. The van der Waals surface area contributed by atoms with Gasteiger partial charge in [0.1, 0.15) is 0 Å². The monoisotopic (exact) mass is 219 g/mol. The molecule has 0 aliphatic heterocycles. The number of aryl methyl sites for hydroxylation is 2. The Morgan fingerprint density at radius 3 is 2.69 bits per heavy atom. The normalized spacial score (nSPS) is 12.8. The van der Waals surface area contributed by atoms with Crippen molar-refractivity contribution in [3.63, 3.8) is 0 Å². The SMILES string of the molecule is Cc1cc(-c2nc(C(C)N)no2)c(C)nn1. The van der Waals surface area contributed by atoms with Gasteiger partial charge >= 0.3 is 0 Å². The van der Waals surface area contributed by atoms with E-state index in [0.717, 1.165) is 17.0 Å². The van der Waals surface area contributed by atoms with Crippen molar-refractivity contribution < 1.29 is 4.52 Å². The summed E-state index contributed by atoms with van der Waals surface area (Å²) in [5, 5.41) is 11.7. The molecule has 84 valence electrons. The highest BCUT2D eigenvalue weighted by atomic mass is 16.5. The summed E-state index contributed by atoms with van der Waals surface area (Å²) in [6.45, 7) is 5.51. The number of nitrogens with zero attached hydrogens (tertiary/aromatic N) is 4. The molecule has 0 saturated heterocycles. The molecule has 6 heteroatoms. The molecule has 0 saturated carbocycles. The van der Waals surface area contributed by atoms with Gasteiger partial charge in [-0.2, -0.15) is 15.2 Å². The fraction of sp³-hybridized carbons (Fsp3) is 0.400. The van der Waals surface area contributed by atoms with Crippen molar-refractivity contribution in [1.29, 1.82) is 0 Å². The van der Waals surface area contributed by atoms with Crippen LogP contribution in [0.1, 0.15) is 30.2 Å². The maximum atomic E-state index is 5.66. The number of rotatable bonds is 2. The molecule has 0 spiro atoms. The van der Waals surface area contributed by atoms with Crippen LogP contribution in [0, 0.1) is 13.8 Å². The van der Waals surface area contributed by atoms with Gasteiger partial charge in [-0.15, -0.1) is 0 Å². The molecule has 0 fully saturated rings.